The highest BCUT2D eigenvalue weighted by Gasteiger charge is 2.30. The molecule has 4 heterocycles. The maximum atomic E-state index is 10.3. The minimum absolute atomic E-state index is 0.107. The van der Waals surface area contributed by atoms with Crippen LogP contribution in [0.15, 0.2) is 195 Å². The third-order valence-electron chi connectivity index (χ3n) is 22.8. The summed E-state index contributed by atoms with van der Waals surface area (Å²) < 4.78 is 56.8. The van der Waals surface area contributed by atoms with Gasteiger partial charge in [-0.05, 0) is 232 Å². The Labute approximate surface area is 871 Å². The van der Waals surface area contributed by atoms with Gasteiger partial charge in [0.15, 0.2) is 0 Å². The summed E-state index contributed by atoms with van der Waals surface area (Å²) in [5.41, 5.74) is 10.7. The monoisotopic (exact) mass is 2380 g/mol. The molecule has 28 nitrogen and oxygen atoms in total. The van der Waals surface area contributed by atoms with Crippen molar-refractivity contribution in [1.82, 2.24) is 60.0 Å². The highest BCUT2D eigenvalue weighted by molar-refractivity contribution is 14.1. The van der Waals surface area contributed by atoms with Gasteiger partial charge in [0, 0.05) is 68.9 Å². The van der Waals surface area contributed by atoms with Crippen molar-refractivity contribution in [2.24, 2.45) is 23.7 Å². The molecule has 36 heteroatoms. The molecule has 0 amide bonds. The van der Waals surface area contributed by atoms with Crippen molar-refractivity contribution < 1.29 is 78.7 Å². The minimum Gasteiger partial charge on any atom is -0.492 e. The van der Waals surface area contributed by atoms with Crippen molar-refractivity contribution in [3.8, 4) is 46.0 Å². The normalized spacial score (nSPS) is 13.5. The average Bonchev–Trinajstić information content (AvgIpc) is 0.885. The molecule has 0 radical (unpaired) electrons. The standard InChI is InChI=1S/4C25H31ClIN3O4/c4*1-17(11-26)15-34-24-9-6-19(10-23(24)27)25(2,3)18-4-7-22(8-5-18)33-16-21(32)13-30-20(14-31)12-28-29-30/h4*4-10,12,17,21,31-32H,11,13-16H2,1-3H3/t17-,21+;2*17-,21-;/m010./s1/i4*27-4. The van der Waals surface area contributed by atoms with Crippen molar-refractivity contribution in [3.05, 3.63) is 276 Å². The first-order valence-corrected chi connectivity index (χ1v) is 51.0. The molecule has 136 heavy (non-hydrogen) atoms. The number of hydrogen-bond donors (Lipinski definition) is 8. The number of nitrogens with zero attached hydrogens (tertiary/aromatic N) is 12. The van der Waals surface area contributed by atoms with Gasteiger partial charge in [0.1, 0.15) is 96.8 Å². The van der Waals surface area contributed by atoms with Gasteiger partial charge in [-0.2, -0.15) is 0 Å². The highest BCUT2D eigenvalue weighted by Crippen LogP contribution is 2.41. The fraction of sp³-hybridized carbons (Fsp3) is 0.440. The Morgan fingerprint density at radius 2 is 0.449 bits per heavy atom. The quantitative estimate of drug-likeness (QED) is 0.0130. The molecule has 0 saturated carbocycles. The Morgan fingerprint density at radius 3 is 0.610 bits per heavy atom. The predicted molar refractivity (Wildman–Crippen MR) is 562 cm³/mol. The molecule has 8 aromatic carbocycles. The zero-order chi connectivity index (χ0) is 98.9. The van der Waals surface area contributed by atoms with Gasteiger partial charge in [-0.1, -0.05) is 177 Å². The van der Waals surface area contributed by atoms with Crippen LogP contribution in [0.3, 0.4) is 0 Å². The first kappa shape index (κ1) is 112. The van der Waals surface area contributed by atoms with E-state index in [2.05, 4.69) is 263 Å². The second kappa shape index (κ2) is 55.0. The molecule has 0 spiro atoms. The summed E-state index contributed by atoms with van der Waals surface area (Å²) in [4.78, 5) is 0. The van der Waals surface area contributed by atoms with E-state index in [1.54, 1.807) is 0 Å². The van der Waals surface area contributed by atoms with E-state index in [0.717, 1.165) is 59.5 Å². The molecule has 2 unspecified atom stereocenters. The summed E-state index contributed by atoms with van der Waals surface area (Å²) in [6.07, 6.45) is 2.76. The summed E-state index contributed by atoms with van der Waals surface area (Å²) >= 11 is 32.8. The Bertz CT molecular complexity index is 4910. The Balaban J connectivity index is 0.000000203. The number of ether oxygens (including phenoxy) is 8. The van der Waals surface area contributed by atoms with Crippen LogP contribution in [0.4, 0.5) is 0 Å². The van der Waals surface area contributed by atoms with Gasteiger partial charge in [0.25, 0.3) is 0 Å². The molecular formula is C100H124Cl4I4N12O16. The lowest BCUT2D eigenvalue weighted by atomic mass is 9.78. The highest BCUT2D eigenvalue weighted by atomic mass is 123. The van der Waals surface area contributed by atoms with E-state index in [0.29, 0.717) is 119 Å². The fourth-order valence-electron chi connectivity index (χ4n) is 13.7. The summed E-state index contributed by atoms with van der Waals surface area (Å²) in [5, 5.41) is 108. The minimum atomic E-state index is -0.779. The summed E-state index contributed by atoms with van der Waals surface area (Å²) in [6.45, 7) is 28.6. The van der Waals surface area contributed by atoms with E-state index in [1.807, 2.05) is 121 Å². The number of aliphatic hydroxyl groups excluding tert-OH is 8. The SMILES string of the molecule is CC(CCl)COc1ccc(C(C)(C)c2ccc(OCC(O)Cn3nncc3CO)cc2)cc1[123I].C[C@@H](CCl)COc1ccc(C(C)(C)c2ccc(OC[C@@H](O)Cn3nncc3CO)cc2)cc1[123I].C[C@@H](CCl)COc1ccc(C(C)(C)c2ccc(OC[C@H](O)Cn3nncc3CO)cc2)cc1[123I].C[C@H](CCl)COc1ccc(C(C)(C)c2ccc(OC[C@H](O)Cn3nncc3CO)cc2)cc1[123I]. The van der Waals surface area contributed by atoms with Gasteiger partial charge in [0.05, 0.1) is 141 Å². The third kappa shape index (κ3) is 33.3. The number of hydrogen-bond acceptors (Lipinski definition) is 24. The largest absolute Gasteiger partial charge is 0.492 e. The van der Waals surface area contributed by atoms with E-state index in [-0.39, 0.29) is 101 Å². The molecule has 12 rings (SSSR count). The zero-order valence-electron chi connectivity index (χ0n) is 78.5. The molecule has 0 aliphatic carbocycles. The first-order chi connectivity index (χ1) is 65.0. The van der Waals surface area contributed by atoms with Crippen LogP contribution in [-0.4, -0.2) is 202 Å². The summed E-state index contributed by atoms with van der Waals surface area (Å²) in [7, 11) is 0. The first-order valence-electron chi connectivity index (χ1n) is 44.5. The molecule has 0 aliphatic rings. The lowest BCUT2D eigenvalue weighted by Crippen LogP contribution is -2.25. The van der Waals surface area contributed by atoms with Crippen LogP contribution in [0.1, 0.15) is 150 Å². The molecule has 8 atom stereocenters. The molecule has 8 N–H and O–H groups in total. The molecular weight excluding hydrogens is 2260 g/mol. The zero-order valence-corrected chi connectivity index (χ0v) is 90.1. The van der Waals surface area contributed by atoms with Crippen molar-refractivity contribution in [1.29, 1.82) is 0 Å². The van der Waals surface area contributed by atoms with Crippen LogP contribution in [0.5, 0.6) is 46.0 Å². The van der Waals surface area contributed by atoms with Crippen LogP contribution in [0.25, 0.3) is 0 Å². The Hall–Kier alpha value is -7.52. The number of benzene rings is 8. The summed E-state index contributed by atoms with van der Waals surface area (Å²) in [5.74, 6) is 9.69. The number of halogens is 8. The van der Waals surface area contributed by atoms with Crippen molar-refractivity contribution >= 4 is 137 Å². The van der Waals surface area contributed by atoms with Crippen LogP contribution >= 0.6 is 137 Å². The molecule has 0 fully saturated rings. The van der Waals surface area contributed by atoms with Crippen LogP contribution < -0.4 is 37.9 Å². The predicted octanol–water partition coefficient (Wildman–Crippen LogP) is 17.6. The molecule has 12 aromatic rings. The number of alkyl halides is 4. The van der Waals surface area contributed by atoms with Crippen LogP contribution in [0.2, 0.25) is 0 Å². The van der Waals surface area contributed by atoms with Crippen molar-refractivity contribution in [2.45, 2.75) is 182 Å². The molecule has 0 bridgehead atoms. The maximum Gasteiger partial charge on any atom is 0.132 e. The van der Waals surface area contributed by atoms with Crippen LogP contribution in [0, 0.1) is 38.0 Å². The second-order valence-electron chi connectivity index (χ2n) is 35.6. The van der Waals surface area contributed by atoms with Gasteiger partial charge >= 0.3 is 0 Å². The van der Waals surface area contributed by atoms with Gasteiger partial charge in [-0.3, -0.25) is 0 Å². The van der Waals surface area contributed by atoms with Crippen molar-refractivity contribution in [3.63, 3.8) is 0 Å². The lowest BCUT2D eigenvalue weighted by Gasteiger charge is -2.27. The van der Waals surface area contributed by atoms with E-state index in [4.69, 9.17) is 84.3 Å². The smallest absolute Gasteiger partial charge is 0.132 e. The lowest BCUT2D eigenvalue weighted by molar-refractivity contribution is 0.0865. The average molecular weight is 2380 g/mol. The summed E-state index contributed by atoms with van der Waals surface area (Å²) in [6, 6.07) is 56.8. The maximum absolute atomic E-state index is 10.3. The fourth-order valence-corrected chi connectivity index (χ4v) is 16.7. The molecule has 736 valence electrons. The van der Waals surface area contributed by atoms with E-state index in [1.165, 1.54) is 65.8 Å². The van der Waals surface area contributed by atoms with Crippen molar-refractivity contribution in [2.75, 3.05) is 76.4 Å². The van der Waals surface area contributed by atoms with Gasteiger partial charge in [-0.25, -0.2) is 18.7 Å². The van der Waals surface area contributed by atoms with E-state index >= 15 is 0 Å². The van der Waals surface area contributed by atoms with E-state index < -0.39 is 24.4 Å². The number of aliphatic hydroxyl groups is 8. The molecule has 4 aromatic heterocycles. The second-order valence-corrected chi connectivity index (χ2v) is 41.5. The van der Waals surface area contributed by atoms with Crippen LogP contribution in [-0.2, 0) is 74.3 Å². The van der Waals surface area contributed by atoms with Gasteiger partial charge < -0.3 is 78.7 Å². The number of rotatable bonds is 48. The Kier molecular flexibility index (Phi) is 45.4. The van der Waals surface area contributed by atoms with Gasteiger partial charge in [-0.15, -0.1) is 66.8 Å². The van der Waals surface area contributed by atoms with Gasteiger partial charge in [0.2, 0.25) is 0 Å². The Morgan fingerprint density at radius 1 is 0.272 bits per heavy atom. The van der Waals surface area contributed by atoms with E-state index in [9.17, 15) is 40.9 Å². The topological polar surface area (TPSA) is 359 Å². The third-order valence-corrected chi connectivity index (χ3v) is 28.3. The number of aromatic nitrogens is 12. The molecule has 0 saturated heterocycles. The molecule has 0 aliphatic heterocycles.